The zero-order valence-electron chi connectivity index (χ0n) is 13.4. The van der Waals surface area contributed by atoms with Gasteiger partial charge in [0.1, 0.15) is 22.9 Å². The second-order valence-electron chi connectivity index (χ2n) is 5.36. The highest BCUT2D eigenvalue weighted by atomic mass is 19.3. The van der Waals surface area contributed by atoms with Gasteiger partial charge in [-0.25, -0.2) is 22.0 Å². The van der Waals surface area contributed by atoms with Crippen LogP contribution in [-0.2, 0) is 12.5 Å². The highest BCUT2D eigenvalue weighted by Crippen LogP contribution is 2.36. The molecule has 0 atom stereocenters. The van der Waals surface area contributed by atoms with Gasteiger partial charge in [-0.15, -0.1) is 0 Å². The molecule has 0 bridgehead atoms. The molecular weight excluding hydrogens is 377 g/mol. The lowest BCUT2D eigenvalue weighted by Gasteiger charge is -2.20. The van der Waals surface area contributed by atoms with Crippen LogP contribution in [0.5, 0.6) is 5.75 Å². The van der Waals surface area contributed by atoms with Crippen molar-refractivity contribution in [1.82, 2.24) is 0 Å². The molecule has 0 radical (unpaired) electrons. The maximum absolute atomic E-state index is 14.1. The van der Waals surface area contributed by atoms with Crippen molar-refractivity contribution in [2.75, 3.05) is 0 Å². The fraction of sp³-hybridized carbons (Fsp3) is 0.263. The number of halogens is 7. The molecule has 0 N–H and O–H groups in total. The summed E-state index contributed by atoms with van der Waals surface area (Å²) in [5, 5.41) is 0. The van der Waals surface area contributed by atoms with Crippen molar-refractivity contribution in [3.8, 4) is 5.75 Å². The summed E-state index contributed by atoms with van der Waals surface area (Å²) in [5.74, 6) is -9.72. The van der Waals surface area contributed by atoms with Gasteiger partial charge in [-0.1, -0.05) is 19.6 Å². The standard InChI is InChI=1S/C18H13F7O.CH4/c1-2-3-4-5-10-6-12(19)16(13(20)7-10)18(24,25)26-11-8-14(21)17(23)15(22)9-11;/h2-3,6-9H,4-5H2,1H3;1H4/b3-2+;. The Bertz CT molecular complexity index is 785. The van der Waals surface area contributed by atoms with Crippen molar-refractivity contribution >= 4 is 0 Å². The Balaban J connectivity index is 0.00000364. The third-order valence-corrected chi connectivity index (χ3v) is 3.43. The smallest absolute Gasteiger partial charge is 0.429 e. The number of aryl methyl sites for hydroxylation is 1. The van der Waals surface area contributed by atoms with E-state index in [2.05, 4.69) is 4.74 Å². The normalized spacial score (nSPS) is 11.6. The maximum Gasteiger partial charge on any atom is 0.432 e. The maximum atomic E-state index is 14.1. The molecule has 0 spiro atoms. The SMILES string of the molecule is C.C/C=C/CCc1cc(F)c(C(F)(F)Oc2cc(F)c(F)c(F)c2)c(F)c1. The Morgan fingerprint density at radius 2 is 1.41 bits per heavy atom. The summed E-state index contributed by atoms with van der Waals surface area (Å²) < 4.78 is 99.3. The third kappa shape index (κ3) is 5.24. The Morgan fingerprint density at radius 3 is 1.89 bits per heavy atom. The number of alkyl halides is 2. The highest BCUT2D eigenvalue weighted by Gasteiger charge is 2.41. The predicted molar refractivity (Wildman–Crippen MR) is 87.1 cm³/mol. The molecule has 0 fully saturated rings. The summed E-state index contributed by atoms with van der Waals surface area (Å²) in [6, 6.07) is 1.75. The van der Waals surface area contributed by atoms with Crippen LogP contribution in [0.1, 0.15) is 31.9 Å². The van der Waals surface area contributed by atoms with E-state index in [9.17, 15) is 30.7 Å². The molecule has 0 saturated carbocycles. The second-order valence-corrected chi connectivity index (χ2v) is 5.36. The molecule has 0 aliphatic carbocycles. The van der Waals surface area contributed by atoms with Crippen molar-refractivity contribution < 1.29 is 35.5 Å². The number of benzene rings is 2. The predicted octanol–water partition coefficient (Wildman–Crippen LogP) is 6.66. The first-order chi connectivity index (χ1) is 12.2. The summed E-state index contributed by atoms with van der Waals surface area (Å²) in [7, 11) is 0. The van der Waals surface area contributed by atoms with E-state index in [4.69, 9.17) is 0 Å². The van der Waals surface area contributed by atoms with Crippen LogP contribution < -0.4 is 4.74 Å². The molecule has 2 aromatic rings. The minimum absolute atomic E-state index is 0. The van der Waals surface area contributed by atoms with Gasteiger partial charge in [0.15, 0.2) is 17.5 Å². The second kappa shape index (κ2) is 8.92. The summed E-state index contributed by atoms with van der Waals surface area (Å²) >= 11 is 0. The van der Waals surface area contributed by atoms with Crippen LogP contribution in [0.3, 0.4) is 0 Å². The van der Waals surface area contributed by atoms with E-state index in [0.29, 0.717) is 6.42 Å². The summed E-state index contributed by atoms with van der Waals surface area (Å²) in [4.78, 5) is 0. The van der Waals surface area contributed by atoms with Gasteiger partial charge < -0.3 is 4.74 Å². The summed E-state index contributed by atoms with van der Waals surface area (Å²) in [5.41, 5.74) is -1.56. The van der Waals surface area contributed by atoms with Gasteiger partial charge in [0.2, 0.25) is 0 Å². The molecule has 0 unspecified atom stereocenters. The molecule has 1 nitrogen and oxygen atoms in total. The highest BCUT2D eigenvalue weighted by molar-refractivity contribution is 5.31. The van der Waals surface area contributed by atoms with Crippen LogP contribution in [0.25, 0.3) is 0 Å². The van der Waals surface area contributed by atoms with E-state index >= 15 is 0 Å². The van der Waals surface area contributed by atoms with Gasteiger partial charge in [-0.2, -0.15) is 8.78 Å². The van der Waals surface area contributed by atoms with Crippen LogP contribution in [-0.4, -0.2) is 0 Å². The Morgan fingerprint density at radius 1 is 0.889 bits per heavy atom. The topological polar surface area (TPSA) is 9.23 Å². The van der Waals surface area contributed by atoms with E-state index in [1.165, 1.54) is 0 Å². The lowest BCUT2D eigenvalue weighted by Crippen LogP contribution is -2.25. The molecule has 2 rings (SSSR count). The van der Waals surface area contributed by atoms with Gasteiger partial charge >= 0.3 is 6.11 Å². The Hall–Kier alpha value is -2.51. The van der Waals surface area contributed by atoms with Crippen LogP contribution in [0.4, 0.5) is 30.7 Å². The molecular formula is C19H17F7O. The van der Waals surface area contributed by atoms with E-state index in [1.807, 2.05) is 0 Å². The number of hydrogen-bond donors (Lipinski definition) is 0. The van der Waals surface area contributed by atoms with Crippen LogP contribution >= 0.6 is 0 Å². The van der Waals surface area contributed by atoms with Crippen LogP contribution in [0.2, 0.25) is 0 Å². The molecule has 0 amide bonds. The average molecular weight is 394 g/mol. The first-order valence-corrected chi connectivity index (χ1v) is 7.46. The molecule has 0 saturated heterocycles. The fourth-order valence-corrected chi connectivity index (χ4v) is 2.25. The zero-order chi connectivity index (χ0) is 19.5. The van der Waals surface area contributed by atoms with Crippen molar-refractivity contribution in [1.29, 1.82) is 0 Å². The molecule has 0 aromatic heterocycles. The molecule has 148 valence electrons. The molecule has 0 aliphatic rings. The first-order valence-electron chi connectivity index (χ1n) is 7.46. The van der Waals surface area contributed by atoms with Gasteiger partial charge in [-0.05, 0) is 37.5 Å². The largest absolute Gasteiger partial charge is 0.432 e. The van der Waals surface area contributed by atoms with E-state index in [1.54, 1.807) is 19.1 Å². The monoisotopic (exact) mass is 394 g/mol. The zero-order valence-corrected chi connectivity index (χ0v) is 13.4. The molecule has 8 heteroatoms. The number of hydrogen-bond acceptors (Lipinski definition) is 1. The van der Waals surface area contributed by atoms with Gasteiger partial charge in [0, 0.05) is 12.1 Å². The van der Waals surface area contributed by atoms with Crippen LogP contribution in [0, 0.1) is 29.1 Å². The van der Waals surface area contributed by atoms with Gasteiger partial charge in [0.25, 0.3) is 0 Å². The van der Waals surface area contributed by atoms with Gasteiger partial charge in [-0.3, -0.25) is 0 Å². The number of allylic oxidation sites excluding steroid dienone is 2. The lowest BCUT2D eigenvalue weighted by molar-refractivity contribution is -0.189. The molecule has 0 aliphatic heterocycles. The minimum Gasteiger partial charge on any atom is -0.429 e. The molecule has 27 heavy (non-hydrogen) atoms. The minimum atomic E-state index is -4.58. The number of rotatable bonds is 6. The third-order valence-electron chi connectivity index (χ3n) is 3.43. The van der Waals surface area contributed by atoms with Crippen molar-refractivity contribution in [2.24, 2.45) is 0 Å². The average Bonchev–Trinajstić information content (AvgIpc) is 2.51. The van der Waals surface area contributed by atoms with Crippen molar-refractivity contribution in [3.05, 3.63) is 76.6 Å². The summed E-state index contributed by atoms with van der Waals surface area (Å²) in [6.45, 7) is 1.75. The van der Waals surface area contributed by atoms with Crippen LogP contribution in [0.15, 0.2) is 36.4 Å². The van der Waals surface area contributed by atoms with Crippen molar-refractivity contribution in [2.45, 2.75) is 33.3 Å². The number of ether oxygens (including phenoxy) is 1. The quantitative estimate of drug-likeness (QED) is 0.303. The summed E-state index contributed by atoms with van der Waals surface area (Å²) in [6.07, 6.45) is -0.440. The van der Waals surface area contributed by atoms with Gasteiger partial charge in [0.05, 0.1) is 0 Å². The van der Waals surface area contributed by atoms with E-state index in [-0.39, 0.29) is 31.5 Å². The Labute approximate surface area is 152 Å². The van der Waals surface area contributed by atoms with E-state index in [0.717, 1.165) is 12.1 Å². The first kappa shape index (κ1) is 22.5. The lowest BCUT2D eigenvalue weighted by atomic mass is 10.0. The van der Waals surface area contributed by atoms with E-state index < -0.39 is 46.5 Å². The van der Waals surface area contributed by atoms with Crippen molar-refractivity contribution in [3.63, 3.8) is 0 Å². The fourth-order valence-electron chi connectivity index (χ4n) is 2.25. The Kier molecular flexibility index (Phi) is 7.45. The molecule has 2 aromatic carbocycles. The molecule has 0 heterocycles.